The highest BCUT2D eigenvalue weighted by molar-refractivity contribution is 6.32. The van der Waals surface area contributed by atoms with E-state index in [-0.39, 0.29) is 29.0 Å². The number of rotatable bonds is 2. The van der Waals surface area contributed by atoms with Crippen LogP contribution in [0.15, 0.2) is 12.1 Å². The summed E-state index contributed by atoms with van der Waals surface area (Å²) in [7, 11) is 0. The Kier molecular flexibility index (Phi) is 3.12. The minimum atomic E-state index is -0.564. The second-order valence-corrected chi connectivity index (χ2v) is 5.32. The smallest absolute Gasteiger partial charge is 0.254 e. The van der Waals surface area contributed by atoms with Gasteiger partial charge in [-0.2, -0.15) is 0 Å². The van der Waals surface area contributed by atoms with Crippen molar-refractivity contribution in [3.63, 3.8) is 0 Å². The molecule has 18 heavy (non-hydrogen) atoms. The molecule has 0 spiro atoms. The summed E-state index contributed by atoms with van der Waals surface area (Å²) in [5, 5.41) is 20.2. The number of hydrogen-bond acceptors (Lipinski definition) is 4. The number of halogens is 1. The lowest BCUT2D eigenvalue weighted by Gasteiger charge is -2.17. The molecule has 1 aromatic rings. The Morgan fingerprint density at radius 1 is 1.44 bits per heavy atom. The number of nitrogens with zero attached hydrogens (tertiary/aromatic N) is 1. The predicted octanol–water partition coefficient (Wildman–Crippen LogP) is 2.05. The fourth-order valence-corrected chi connectivity index (χ4v) is 1.90. The lowest BCUT2D eigenvalue weighted by atomic mass is 9.95. The molecule has 1 heterocycles. The summed E-state index contributed by atoms with van der Waals surface area (Å²) < 4.78 is 0. The van der Waals surface area contributed by atoms with Gasteiger partial charge in [0.25, 0.3) is 5.91 Å². The van der Waals surface area contributed by atoms with Gasteiger partial charge >= 0.3 is 0 Å². The van der Waals surface area contributed by atoms with Crippen LogP contribution >= 0.6 is 11.6 Å². The van der Waals surface area contributed by atoms with Gasteiger partial charge in [0.05, 0.1) is 23.6 Å². The van der Waals surface area contributed by atoms with E-state index in [9.17, 15) is 15.0 Å². The highest BCUT2D eigenvalue weighted by atomic mass is 35.5. The maximum atomic E-state index is 11.9. The van der Waals surface area contributed by atoms with Crippen LogP contribution in [0.3, 0.4) is 0 Å². The SMILES string of the molecule is CC1(C)CON(Cc2cc(O)cc(O)c2Cl)C1=O. The lowest BCUT2D eigenvalue weighted by Crippen LogP contribution is -2.30. The van der Waals surface area contributed by atoms with E-state index in [1.54, 1.807) is 13.8 Å². The zero-order valence-corrected chi connectivity index (χ0v) is 10.9. The maximum absolute atomic E-state index is 11.9. The Morgan fingerprint density at radius 3 is 2.67 bits per heavy atom. The van der Waals surface area contributed by atoms with Crippen LogP contribution in [0.4, 0.5) is 0 Å². The molecule has 1 aliphatic rings. The number of phenols is 2. The molecule has 1 fully saturated rings. The van der Waals surface area contributed by atoms with Crippen molar-refractivity contribution in [3.8, 4) is 11.5 Å². The van der Waals surface area contributed by atoms with Gasteiger partial charge in [-0.25, -0.2) is 5.06 Å². The molecular formula is C12H14ClNO4. The molecule has 0 aromatic heterocycles. The van der Waals surface area contributed by atoms with E-state index in [2.05, 4.69) is 0 Å². The van der Waals surface area contributed by atoms with Crippen LogP contribution in [0, 0.1) is 5.41 Å². The molecule has 1 aromatic carbocycles. The van der Waals surface area contributed by atoms with Gasteiger partial charge in [-0.15, -0.1) is 0 Å². The number of aromatic hydroxyl groups is 2. The third-order valence-corrected chi connectivity index (χ3v) is 3.25. The van der Waals surface area contributed by atoms with Crippen molar-refractivity contribution in [2.75, 3.05) is 6.61 Å². The third-order valence-electron chi connectivity index (χ3n) is 2.81. The fourth-order valence-electron chi connectivity index (χ4n) is 1.74. The van der Waals surface area contributed by atoms with Crippen LogP contribution < -0.4 is 0 Å². The molecular weight excluding hydrogens is 258 g/mol. The van der Waals surface area contributed by atoms with Crippen molar-refractivity contribution < 1.29 is 19.8 Å². The number of hydroxylamine groups is 2. The van der Waals surface area contributed by atoms with Crippen molar-refractivity contribution >= 4 is 17.5 Å². The molecule has 5 nitrogen and oxygen atoms in total. The van der Waals surface area contributed by atoms with Crippen LogP contribution in [0.1, 0.15) is 19.4 Å². The van der Waals surface area contributed by atoms with Gasteiger partial charge in [0, 0.05) is 11.6 Å². The number of benzene rings is 1. The Balaban J connectivity index is 2.23. The largest absolute Gasteiger partial charge is 0.508 e. The molecule has 0 radical (unpaired) electrons. The second kappa shape index (κ2) is 4.33. The van der Waals surface area contributed by atoms with Gasteiger partial charge in [0.2, 0.25) is 0 Å². The lowest BCUT2D eigenvalue weighted by molar-refractivity contribution is -0.165. The number of carbonyl (C=O) groups excluding carboxylic acids is 1. The molecule has 2 rings (SSSR count). The van der Waals surface area contributed by atoms with Gasteiger partial charge < -0.3 is 10.2 Å². The highest BCUT2D eigenvalue weighted by Crippen LogP contribution is 2.34. The first kappa shape index (κ1) is 13.0. The van der Waals surface area contributed by atoms with Crippen LogP contribution in [-0.2, 0) is 16.2 Å². The summed E-state index contributed by atoms with van der Waals surface area (Å²) in [6.45, 7) is 3.96. The van der Waals surface area contributed by atoms with E-state index >= 15 is 0 Å². The second-order valence-electron chi connectivity index (χ2n) is 4.94. The number of carbonyl (C=O) groups is 1. The average Bonchev–Trinajstić information content (AvgIpc) is 2.52. The highest BCUT2D eigenvalue weighted by Gasteiger charge is 2.40. The van der Waals surface area contributed by atoms with E-state index in [0.29, 0.717) is 12.2 Å². The first-order valence-corrected chi connectivity index (χ1v) is 5.84. The van der Waals surface area contributed by atoms with Crippen molar-refractivity contribution in [2.45, 2.75) is 20.4 Å². The summed E-state index contributed by atoms with van der Waals surface area (Å²) >= 11 is 5.91. The minimum absolute atomic E-state index is 0.0864. The van der Waals surface area contributed by atoms with Crippen molar-refractivity contribution in [1.82, 2.24) is 5.06 Å². The molecule has 0 unspecified atom stereocenters. The van der Waals surface area contributed by atoms with Crippen LogP contribution in [0.2, 0.25) is 5.02 Å². The van der Waals surface area contributed by atoms with Gasteiger partial charge in [0.15, 0.2) is 0 Å². The topological polar surface area (TPSA) is 70.0 Å². The summed E-state index contributed by atoms with van der Waals surface area (Å²) in [6, 6.07) is 2.53. The van der Waals surface area contributed by atoms with Gasteiger partial charge in [0.1, 0.15) is 11.5 Å². The standard InChI is InChI=1S/C12H14ClNO4/c1-12(2)6-18-14(11(12)17)5-7-3-8(15)4-9(16)10(7)13/h3-4,15-16H,5-6H2,1-2H3. The molecule has 98 valence electrons. The van der Waals surface area contributed by atoms with Crippen molar-refractivity contribution in [1.29, 1.82) is 0 Å². The summed E-state index contributed by atoms with van der Waals surface area (Å²) in [6.07, 6.45) is 0. The number of phenolic OH excluding ortho intramolecular Hbond substituents is 2. The average molecular weight is 272 g/mol. The summed E-state index contributed by atoms with van der Waals surface area (Å²) in [5.41, 5.74) is -0.133. The first-order valence-electron chi connectivity index (χ1n) is 5.46. The maximum Gasteiger partial charge on any atom is 0.254 e. The van der Waals surface area contributed by atoms with E-state index < -0.39 is 5.41 Å². The predicted molar refractivity (Wildman–Crippen MR) is 65.1 cm³/mol. The van der Waals surface area contributed by atoms with E-state index in [0.717, 1.165) is 6.07 Å². The first-order chi connectivity index (χ1) is 8.31. The molecule has 1 amide bonds. The van der Waals surface area contributed by atoms with E-state index in [1.165, 1.54) is 11.1 Å². The van der Waals surface area contributed by atoms with Crippen LogP contribution in [-0.4, -0.2) is 27.8 Å². The molecule has 2 N–H and O–H groups in total. The Labute approximate surface area is 109 Å². The Hall–Kier alpha value is -1.46. The van der Waals surface area contributed by atoms with Crippen LogP contribution in [0.5, 0.6) is 11.5 Å². The molecule has 6 heteroatoms. The molecule has 1 saturated heterocycles. The van der Waals surface area contributed by atoms with Crippen molar-refractivity contribution in [3.05, 3.63) is 22.7 Å². The monoisotopic (exact) mass is 271 g/mol. The fraction of sp³-hybridized carbons (Fsp3) is 0.417. The molecule has 0 bridgehead atoms. The zero-order chi connectivity index (χ0) is 13.5. The summed E-state index contributed by atoms with van der Waals surface area (Å²) in [5.74, 6) is -0.489. The van der Waals surface area contributed by atoms with Crippen molar-refractivity contribution in [2.24, 2.45) is 5.41 Å². The minimum Gasteiger partial charge on any atom is -0.508 e. The zero-order valence-electron chi connectivity index (χ0n) is 10.1. The summed E-state index contributed by atoms with van der Waals surface area (Å²) in [4.78, 5) is 17.2. The van der Waals surface area contributed by atoms with Gasteiger partial charge in [-0.3, -0.25) is 9.63 Å². The quantitative estimate of drug-likeness (QED) is 0.864. The number of amides is 1. The van der Waals surface area contributed by atoms with Crippen LogP contribution in [0.25, 0.3) is 0 Å². The molecule has 0 saturated carbocycles. The Bertz CT molecular complexity index is 501. The Morgan fingerprint density at radius 2 is 2.11 bits per heavy atom. The molecule has 0 atom stereocenters. The number of hydrogen-bond donors (Lipinski definition) is 2. The molecule has 0 aliphatic carbocycles. The van der Waals surface area contributed by atoms with Gasteiger partial charge in [-0.05, 0) is 19.9 Å². The van der Waals surface area contributed by atoms with E-state index in [4.69, 9.17) is 16.4 Å². The van der Waals surface area contributed by atoms with Gasteiger partial charge in [-0.1, -0.05) is 11.6 Å². The van der Waals surface area contributed by atoms with E-state index in [1.807, 2.05) is 0 Å². The molecule has 1 aliphatic heterocycles. The third kappa shape index (κ3) is 2.23. The normalized spacial score (nSPS) is 18.4.